The minimum Gasteiger partial charge on any atom is -0.489 e. The quantitative estimate of drug-likeness (QED) is 0.124. The number of carbonyl (C=O) groups excluding carboxylic acids is 1. The molecule has 38 heavy (non-hydrogen) atoms. The fraction of sp³-hybridized carbons (Fsp3) is 0.100. The van der Waals surface area contributed by atoms with Gasteiger partial charge >= 0.3 is 0 Å². The van der Waals surface area contributed by atoms with Crippen LogP contribution in [-0.4, -0.2) is 27.4 Å². The standard InChI is InChI=1S/C30H25ClN4O2S/c31-26-11-5-4-10-24(26)19-35-28-13-7-6-12-27(28)33-30(35)38-21-29(36)34-32-18-22-14-16-25(17-15-22)37-20-23-8-2-1-3-9-23/h1-18H,19-21H2,(H,34,36)/b32-18+. The number of para-hydroxylation sites is 2. The molecule has 4 aromatic carbocycles. The zero-order chi connectivity index (χ0) is 26.2. The Balaban J connectivity index is 1.16. The smallest absolute Gasteiger partial charge is 0.250 e. The van der Waals surface area contributed by atoms with E-state index in [0.29, 0.717) is 18.2 Å². The van der Waals surface area contributed by atoms with Crippen molar-refractivity contribution in [3.8, 4) is 5.75 Å². The van der Waals surface area contributed by atoms with Gasteiger partial charge in [-0.1, -0.05) is 84.0 Å². The van der Waals surface area contributed by atoms with E-state index in [9.17, 15) is 4.79 Å². The summed E-state index contributed by atoms with van der Waals surface area (Å²) in [5.74, 6) is 0.728. The highest BCUT2D eigenvalue weighted by atomic mass is 35.5. The topological polar surface area (TPSA) is 68.5 Å². The molecule has 8 heteroatoms. The summed E-state index contributed by atoms with van der Waals surface area (Å²) in [4.78, 5) is 17.2. The third-order valence-electron chi connectivity index (χ3n) is 5.77. The lowest BCUT2D eigenvalue weighted by Gasteiger charge is -2.10. The van der Waals surface area contributed by atoms with Crippen LogP contribution >= 0.6 is 23.4 Å². The van der Waals surface area contributed by atoms with Gasteiger partial charge in [0.05, 0.1) is 29.5 Å². The fourth-order valence-corrected chi connectivity index (χ4v) is 4.85. The van der Waals surface area contributed by atoms with Crippen molar-refractivity contribution in [1.82, 2.24) is 15.0 Å². The Morgan fingerprint density at radius 1 is 0.947 bits per heavy atom. The molecule has 0 bridgehead atoms. The van der Waals surface area contributed by atoms with Crippen LogP contribution in [0, 0.1) is 0 Å². The van der Waals surface area contributed by atoms with Crippen LogP contribution in [-0.2, 0) is 17.9 Å². The van der Waals surface area contributed by atoms with E-state index in [1.165, 1.54) is 11.8 Å². The van der Waals surface area contributed by atoms with Gasteiger partial charge in [0.2, 0.25) is 0 Å². The number of fused-ring (bicyclic) bond motifs is 1. The van der Waals surface area contributed by atoms with Crippen molar-refractivity contribution in [1.29, 1.82) is 0 Å². The molecule has 0 radical (unpaired) electrons. The molecule has 0 saturated carbocycles. The van der Waals surface area contributed by atoms with Crippen LogP contribution in [0.25, 0.3) is 11.0 Å². The number of ether oxygens (including phenoxy) is 1. The van der Waals surface area contributed by atoms with Gasteiger partial charge < -0.3 is 9.30 Å². The maximum Gasteiger partial charge on any atom is 0.250 e. The molecule has 6 nitrogen and oxygen atoms in total. The van der Waals surface area contributed by atoms with Crippen molar-refractivity contribution in [3.63, 3.8) is 0 Å². The van der Waals surface area contributed by atoms with Gasteiger partial charge in [0.25, 0.3) is 5.91 Å². The van der Waals surface area contributed by atoms with Crippen molar-refractivity contribution >= 4 is 46.5 Å². The summed E-state index contributed by atoms with van der Waals surface area (Å²) in [5, 5.41) is 5.54. The zero-order valence-electron chi connectivity index (χ0n) is 20.5. The monoisotopic (exact) mass is 540 g/mol. The Morgan fingerprint density at radius 3 is 2.50 bits per heavy atom. The molecule has 0 atom stereocenters. The molecule has 0 aliphatic rings. The van der Waals surface area contributed by atoms with Gasteiger partial charge in [0, 0.05) is 5.02 Å². The highest BCUT2D eigenvalue weighted by Crippen LogP contribution is 2.27. The molecule has 0 saturated heterocycles. The van der Waals surface area contributed by atoms with Crippen LogP contribution in [0.2, 0.25) is 5.02 Å². The first kappa shape index (κ1) is 25.6. The molecule has 1 amide bonds. The lowest BCUT2D eigenvalue weighted by molar-refractivity contribution is -0.118. The average Bonchev–Trinajstić information content (AvgIpc) is 3.30. The van der Waals surface area contributed by atoms with Crippen LogP contribution in [0.5, 0.6) is 5.75 Å². The first-order chi connectivity index (χ1) is 18.7. The Labute approximate surface area is 230 Å². The number of halogens is 1. The number of benzene rings is 4. The van der Waals surface area contributed by atoms with Crippen molar-refractivity contribution in [2.75, 3.05) is 5.75 Å². The van der Waals surface area contributed by atoms with E-state index in [-0.39, 0.29) is 11.7 Å². The molecule has 1 N–H and O–H groups in total. The Kier molecular flexibility index (Phi) is 8.38. The SMILES string of the molecule is O=C(CSc1nc2ccccc2n1Cc1ccccc1Cl)N/N=C/c1ccc(OCc2ccccc2)cc1. The van der Waals surface area contributed by atoms with Gasteiger partial charge in [-0.3, -0.25) is 4.79 Å². The summed E-state index contributed by atoms with van der Waals surface area (Å²) in [7, 11) is 0. The maximum absolute atomic E-state index is 12.5. The molecule has 5 rings (SSSR count). The van der Waals surface area contributed by atoms with Crippen LogP contribution in [0.1, 0.15) is 16.7 Å². The Hall–Kier alpha value is -4.07. The van der Waals surface area contributed by atoms with Crippen molar-refractivity contribution in [2.24, 2.45) is 5.10 Å². The summed E-state index contributed by atoms with van der Waals surface area (Å²) in [6.45, 7) is 1.07. The van der Waals surface area contributed by atoms with Gasteiger partial charge in [0.1, 0.15) is 12.4 Å². The van der Waals surface area contributed by atoms with Crippen molar-refractivity contribution < 1.29 is 9.53 Å². The molecule has 0 aliphatic heterocycles. The molecule has 1 aromatic heterocycles. The van der Waals surface area contributed by atoms with E-state index in [1.54, 1.807) is 6.21 Å². The van der Waals surface area contributed by atoms with E-state index >= 15 is 0 Å². The molecular formula is C30H25ClN4O2S. The number of rotatable bonds is 10. The number of nitrogens with zero attached hydrogens (tertiary/aromatic N) is 3. The summed E-state index contributed by atoms with van der Waals surface area (Å²) in [6, 6.07) is 33.2. The number of carbonyl (C=O) groups is 1. The molecule has 0 fully saturated rings. The van der Waals surface area contributed by atoms with Crippen LogP contribution in [0.3, 0.4) is 0 Å². The van der Waals surface area contributed by atoms with Gasteiger partial charge in [-0.15, -0.1) is 0 Å². The zero-order valence-corrected chi connectivity index (χ0v) is 22.0. The minimum atomic E-state index is -0.217. The minimum absolute atomic E-state index is 0.176. The summed E-state index contributed by atoms with van der Waals surface area (Å²) in [6.07, 6.45) is 1.61. The molecule has 0 aliphatic carbocycles. The number of hydrogen-bond acceptors (Lipinski definition) is 5. The number of imidazole rings is 1. The third kappa shape index (κ3) is 6.62. The third-order valence-corrected chi connectivity index (χ3v) is 7.11. The number of amides is 1. The molecule has 0 unspecified atom stereocenters. The second-order valence-electron chi connectivity index (χ2n) is 8.49. The predicted molar refractivity (Wildman–Crippen MR) is 154 cm³/mol. The molecule has 5 aromatic rings. The second kappa shape index (κ2) is 12.4. The lowest BCUT2D eigenvalue weighted by atomic mass is 10.2. The van der Waals surface area contributed by atoms with E-state index in [4.69, 9.17) is 21.3 Å². The summed E-state index contributed by atoms with van der Waals surface area (Å²) >= 11 is 7.77. The molecule has 0 spiro atoms. The second-order valence-corrected chi connectivity index (χ2v) is 9.84. The molecule has 1 heterocycles. The van der Waals surface area contributed by atoms with E-state index in [1.807, 2.05) is 103 Å². The molecule has 190 valence electrons. The van der Waals surface area contributed by atoms with E-state index in [2.05, 4.69) is 15.1 Å². The largest absolute Gasteiger partial charge is 0.489 e. The first-order valence-corrected chi connectivity index (χ1v) is 13.4. The average molecular weight is 541 g/mol. The predicted octanol–water partition coefficient (Wildman–Crippen LogP) is 6.56. The Bertz CT molecular complexity index is 1550. The number of aromatic nitrogens is 2. The molecular weight excluding hydrogens is 516 g/mol. The summed E-state index contributed by atoms with van der Waals surface area (Å²) in [5.41, 5.74) is 7.41. The Morgan fingerprint density at radius 2 is 1.68 bits per heavy atom. The highest BCUT2D eigenvalue weighted by Gasteiger charge is 2.14. The van der Waals surface area contributed by atoms with Crippen molar-refractivity contribution in [2.45, 2.75) is 18.3 Å². The highest BCUT2D eigenvalue weighted by molar-refractivity contribution is 7.99. The fourth-order valence-electron chi connectivity index (χ4n) is 3.85. The van der Waals surface area contributed by atoms with Crippen molar-refractivity contribution in [3.05, 3.63) is 125 Å². The maximum atomic E-state index is 12.5. The number of thioether (sulfide) groups is 1. The van der Waals surface area contributed by atoms with E-state index in [0.717, 1.165) is 38.6 Å². The number of hydrazone groups is 1. The summed E-state index contributed by atoms with van der Waals surface area (Å²) < 4.78 is 7.89. The van der Waals surface area contributed by atoms with Crippen LogP contribution in [0.15, 0.2) is 113 Å². The van der Waals surface area contributed by atoms with Gasteiger partial charge in [-0.2, -0.15) is 5.10 Å². The van der Waals surface area contributed by atoms with E-state index < -0.39 is 0 Å². The van der Waals surface area contributed by atoms with Gasteiger partial charge in [-0.25, -0.2) is 10.4 Å². The normalized spacial score (nSPS) is 11.2. The first-order valence-electron chi connectivity index (χ1n) is 12.1. The lowest BCUT2D eigenvalue weighted by Crippen LogP contribution is -2.20. The van der Waals surface area contributed by atoms with Crippen LogP contribution < -0.4 is 10.2 Å². The van der Waals surface area contributed by atoms with Gasteiger partial charge in [0.15, 0.2) is 5.16 Å². The number of nitrogens with one attached hydrogen (secondary N) is 1. The van der Waals surface area contributed by atoms with Crippen LogP contribution in [0.4, 0.5) is 0 Å². The number of hydrogen-bond donors (Lipinski definition) is 1. The van der Waals surface area contributed by atoms with Gasteiger partial charge in [-0.05, 0) is 59.2 Å².